The summed E-state index contributed by atoms with van der Waals surface area (Å²) in [4.78, 5) is 0. The summed E-state index contributed by atoms with van der Waals surface area (Å²) in [6.45, 7) is 2.51. The Morgan fingerprint density at radius 2 is 2.09 bits per heavy atom. The number of benzene rings is 1. The summed E-state index contributed by atoms with van der Waals surface area (Å²) in [6.07, 6.45) is 1.59. The number of hydrogen-bond donors (Lipinski definition) is 2. The van der Waals surface area contributed by atoms with Crippen molar-refractivity contribution in [3.8, 4) is 11.5 Å². The Hall–Kier alpha value is -1.57. The standard InChI is InChI=1S/C14H20ClN3O3S/c1-9(8-19-2)17-14(22)18-16-7-10-5-11(15)13(21-4)12(6-10)20-3/h5-7,9H,8H2,1-4H3,(H2,17,18,22)/b16-7-/t9-/m0/s1. The van der Waals surface area contributed by atoms with Gasteiger partial charge in [-0.2, -0.15) is 5.10 Å². The van der Waals surface area contributed by atoms with Crippen molar-refractivity contribution in [2.45, 2.75) is 13.0 Å². The maximum atomic E-state index is 6.12. The van der Waals surface area contributed by atoms with E-state index in [1.54, 1.807) is 32.6 Å². The van der Waals surface area contributed by atoms with E-state index < -0.39 is 0 Å². The summed E-state index contributed by atoms with van der Waals surface area (Å²) >= 11 is 11.2. The van der Waals surface area contributed by atoms with E-state index in [-0.39, 0.29) is 6.04 Å². The Labute approximate surface area is 140 Å². The summed E-state index contributed by atoms with van der Waals surface area (Å²) in [5.41, 5.74) is 3.48. The van der Waals surface area contributed by atoms with Crippen molar-refractivity contribution >= 4 is 35.1 Å². The van der Waals surface area contributed by atoms with E-state index in [9.17, 15) is 0 Å². The molecule has 2 N–H and O–H groups in total. The van der Waals surface area contributed by atoms with E-state index in [4.69, 9.17) is 38.0 Å². The minimum absolute atomic E-state index is 0.0933. The van der Waals surface area contributed by atoms with Crippen LogP contribution in [-0.2, 0) is 4.74 Å². The molecule has 0 radical (unpaired) electrons. The second kappa shape index (κ2) is 9.45. The second-order valence-corrected chi connectivity index (χ2v) is 5.25. The molecule has 0 spiro atoms. The lowest BCUT2D eigenvalue weighted by atomic mass is 10.2. The van der Waals surface area contributed by atoms with E-state index >= 15 is 0 Å². The molecular formula is C14H20ClN3O3S. The van der Waals surface area contributed by atoms with Crippen LogP contribution in [0.1, 0.15) is 12.5 Å². The lowest BCUT2D eigenvalue weighted by Gasteiger charge is -2.14. The van der Waals surface area contributed by atoms with E-state index in [1.807, 2.05) is 6.92 Å². The number of ether oxygens (including phenoxy) is 3. The number of rotatable bonds is 7. The normalized spacial score (nSPS) is 12.0. The highest BCUT2D eigenvalue weighted by molar-refractivity contribution is 7.80. The molecule has 0 aliphatic rings. The van der Waals surface area contributed by atoms with Crippen LogP contribution in [0.4, 0.5) is 0 Å². The van der Waals surface area contributed by atoms with E-state index in [1.165, 1.54) is 7.11 Å². The Bertz CT molecular complexity index is 540. The molecule has 22 heavy (non-hydrogen) atoms. The van der Waals surface area contributed by atoms with Crippen molar-refractivity contribution in [1.29, 1.82) is 0 Å². The predicted octanol–water partition coefficient (Wildman–Crippen LogP) is 2.19. The van der Waals surface area contributed by atoms with Gasteiger partial charge in [-0.3, -0.25) is 5.43 Å². The first-order chi connectivity index (χ1) is 10.5. The molecule has 0 saturated heterocycles. The zero-order chi connectivity index (χ0) is 16.5. The molecule has 0 aliphatic carbocycles. The van der Waals surface area contributed by atoms with Gasteiger partial charge in [0.2, 0.25) is 0 Å². The van der Waals surface area contributed by atoms with Gasteiger partial charge in [0, 0.05) is 13.2 Å². The molecule has 0 aromatic heterocycles. The highest BCUT2D eigenvalue weighted by Crippen LogP contribution is 2.35. The molecule has 0 amide bonds. The number of hydrogen-bond acceptors (Lipinski definition) is 5. The third-order valence-electron chi connectivity index (χ3n) is 2.63. The van der Waals surface area contributed by atoms with Crippen LogP contribution in [0.2, 0.25) is 5.02 Å². The van der Waals surface area contributed by atoms with E-state index in [0.29, 0.717) is 28.2 Å². The summed E-state index contributed by atoms with van der Waals surface area (Å²) in [6, 6.07) is 3.58. The van der Waals surface area contributed by atoms with Crippen molar-refractivity contribution in [2.24, 2.45) is 5.10 Å². The molecule has 122 valence electrons. The maximum absolute atomic E-state index is 6.12. The van der Waals surface area contributed by atoms with Crippen molar-refractivity contribution < 1.29 is 14.2 Å². The molecule has 0 unspecified atom stereocenters. The molecule has 1 rings (SSSR count). The summed E-state index contributed by atoms with van der Waals surface area (Å²) in [7, 11) is 4.71. The lowest BCUT2D eigenvalue weighted by Crippen LogP contribution is -2.40. The molecule has 6 nitrogen and oxygen atoms in total. The van der Waals surface area contributed by atoms with Gasteiger partial charge in [0.05, 0.1) is 32.1 Å². The van der Waals surface area contributed by atoms with Crippen LogP contribution in [0.15, 0.2) is 17.2 Å². The largest absolute Gasteiger partial charge is 0.493 e. The topological polar surface area (TPSA) is 64.1 Å². The third kappa shape index (κ3) is 5.67. The van der Waals surface area contributed by atoms with Crippen LogP contribution in [0.5, 0.6) is 11.5 Å². The number of methoxy groups -OCH3 is 3. The number of nitrogens with one attached hydrogen (secondary N) is 2. The molecule has 0 saturated carbocycles. The SMILES string of the molecule is COC[C@H](C)NC(=S)N/N=C\c1cc(Cl)c(OC)c(OC)c1. The summed E-state index contributed by atoms with van der Waals surface area (Å²) in [5.74, 6) is 1.02. The van der Waals surface area contributed by atoms with Gasteiger partial charge in [-0.1, -0.05) is 11.6 Å². The second-order valence-electron chi connectivity index (χ2n) is 4.44. The number of halogens is 1. The van der Waals surface area contributed by atoms with Gasteiger partial charge in [-0.25, -0.2) is 0 Å². The fourth-order valence-electron chi connectivity index (χ4n) is 1.73. The van der Waals surface area contributed by atoms with Gasteiger partial charge in [-0.05, 0) is 36.8 Å². The molecule has 1 aromatic rings. The molecule has 1 atom stereocenters. The Morgan fingerprint density at radius 3 is 2.68 bits per heavy atom. The number of nitrogens with zero attached hydrogens (tertiary/aromatic N) is 1. The fourth-order valence-corrected chi connectivity index (χ4v) is 2.28. The van der Waals surface area contributed by atoms with Crippen LogP contribution >= 0.6 is 23.8 Å². The first kappa shape index (κ1) is 18.5. The zero-order valence-corrected chi connectivity index (χ0v) is 14.5. The van der Waals surface area contributed by atoms with Crippen molar-refractivity contribution in [1.82, 2.24) is 10.7 Å². The van der Waals surface area contributed by atoms with Crippen LogP contribution in [-0.4, -0.2) is 45.3 Å². The number of thiocarbonyl (C=S) groups is 1. The Morgan fingerprint density at radius 1 is 1.36 bits per heavy atom. The number of hydrazone groups is 1. The van der Waals surface area contributed by atoms with Crippen LogP contribution in [0, 0.1) is 0 Å². The molecule has 0 bridgehead atoms. The molecule has 1 aromatic carbocycles. The summed E-state index contributed by atoms with van der Waals surface area (Å²) < 4.78 is 15.4. The molecule has 0 fully saturated rings. The molecular weight excluding hydrogens is 326 g/mol. The highest BCUT2D eigenvalue weighted by atomic mass is 35.5. The van der Waals surface area contributed by atoms with Gasteiger partial charge < -0.3 is 19.5 Å². The zero-order valence-electron chi connectivity index (χ0n) is 13.0. The first-order valence-electron chi connectivity index (χ1n) is 6.51. The molecule has 8 heteroatoms. The van der Waals surface area contributed by atoms with Gasteiger partial charge in [-0.15, -0.1) is 0 Å². The quantitative estimate of drug-likeness (QED) is 0.449. The Kier molecular flexibility index (Phi) is 7.94. The summed E-state index contributed by atoms with van der Waals surface area (Å²) in [5, 5.41) is 7.93. The lowest BCUT2D eigenvalue weighted by molar-refractivity contribution is 0.179. The Balaban J connectivity index is 2.67. The van der Waals surface area contributed by atoms with Crippen molar-refractivity contribution in [2.75, 3.05) is 27.9 Å². The maximum Gasteiger partial charge on any atom is 0.187 e. The van der Waals surface area contributed by atoms with Gasteiger partial charge in [0.1, 0.15) is 0 Å². The van der Waals surface area contributed by atoms with Crippen molar-refractivity contribution in [3.63, 3.8) is 0 Å². The average Bonchev–Trinajstić information content (AvgIpc) is 2.46. The highest BCUT2D eigenvalue weighted by Gasteiger charge is 2.10. The van der Waals surface area contributed by atoms with E-state index in [2.05, 4.69) is 15.8 Å². The minimum Gasteiger partial charge on any atom is -0.493 e. The van der Waals surface area contributed by atoms with E-state index in [0.717, 1.165) is 5.56 Å². The van der Waals surface area contributed by atoms with Crippen LogP contribution in [0.25, 0.3) is 0 Å². The van der Waals surface area contributed by atoms with Crippen LogP contribution in [0.3, 0.4) is 0 Å². The van der Waals surface area contributed by atoms with Gasteiger partial charge >= 0.3 is 0 Å². The first-order valence-corrected chi connectivity index (χ1v) is 7.30. The monoisotopic (exact) mass is 345 g/mol. The van der Waals surface area contributed by atoms with Crippen LogP contribution < -0.4 is 20.2 Å². The molecule has 0 aliphatic heterocycles. The molecule has 0 heterocycles. The fraction of sp³-hybridized carbons (Fsp3) is 0.429. The predicted molar refractivity (Wildman–Crippen MR) is 92.4 cm³/mol. The average molecular weight is 346 g/mol. The van der Waals surface area contributed by atoms with Gasteiger partial charge in [0.15, 0.2) is 16.6 Å². The smallest absolute Gasteiger partial charge is 0.187 e. The third-order valence-corrected chi connectivity index (χ3v) is 3.12. The van der Waals surface area contributed by atoms with Gasteiger partial charge in [0.25, 0.3) is 0 Å². The minimum atomic E-state index is 0.0933. The van der Waals surface area contributed by atoms with Crippen molar-refractivity contribution in [3.05, 3.63) is 22.7 Å².